The van der Waals surface area contributed by atoms with Crippen molar-refractivity contribution in [3.8, 4) is 0 Å². The van der Waals surface area contributed by atoms with E-state index >= 15 is 0 Å². The molecule has 0 aromatic rings. The Morgan fingerprint density at radius 1 is 1.23 bits per heavy atom. The molecule has 0 amide bonds. The molecule has 1 aliphatic carbocycles. The number of hydrogen-bond donors (Lipinski definition) is 0. The molecular weight excluding hydrogens is 221 g/mol. The van der Waals surface area contributed by atoms with Gasteiger partial charge in [0.05, 0.1) is 0 Å². The van der Waals surface area contributed by atoms with Gasteiger partial charge in [-0.3, -0.25) is 0 Å². The van der Waals surface area contributed by atoms with Crippen LogP contribution in [0.15, 0.2) is 23.8 Å². The van der Waals surface area contributed by atoms with Crippen molar-refractivity contribution in [1.29, 1.82) is 0 Å². The van der Waals surface area contributed by atoms with Crippen LogP contribution in [-0.4, -0.2) is 6.29 Å². The Morgan fingerprint density at radius 3 is 2.46 bits per heavy atom. The zero-order valence-corrected chi connectivity index (χ0v) is 8.10. The maximum absolute atomic E-state index is 10.2. The summed E-state index contributed by atoms with van der Waals surface area (Å²) < 4.78 is 19.2. The monoisotopic (exact) mass is 232 g/mol. The molecule has 1 aliphatic rings. The minimum absolute atomic E-state index is 0.837. The van der Waals surface area contributed by atoms with E-state index in [2.05, 4.69) is 12.2 Å². The fourth-order valence-corrected chi connectivity index (χ4v) is 1.02. The van der Waals surface area contributed by atoms with Gasteiger partial charge in [-0.1, -0.05) is 25.0 Å². The first kappa shape index (κ1) is 12.5. The van der Waals surface area contributed by atoms with Crippen molar-refractivity contribution in [2.24, 2.45) is 0 Å². The van der Waals surface area contributed by atoms with Gasteiger partial charge >= 0.3 is 22.8 Å². The van der Waals surface area contributed by atoms with Gasteiger partial charge in [0.1, 0.15) is 0 Å². The predicted molar refractivity (Wildman–Crippen MR) is 43.6 cm³/mol. The molecule has 0 aromatic heterocycles. The number of halogens is 2. The van der Waals surface area contributed by atoms with Crippen LogP contribution in [0.1, 0.15) is 25.7 Å². The fraction of sp³-hybridized carbons (Fsp3) is 0.444. The van der Waals surface area contributed by atoms with Crippen molar-refractivity contribution in [3.05, 3.63) is 23.8 Å². The average molecular weight is 232 g/mol. The normalized spacial score (nSPS) is 16.3. The molecule has 1 nitrogen and oxygen atoms in total. The van der Waals surface area contributed by atoms with Crippen LogP contribution in [0.5, 0.6) is 0 Å². The number of rotatable bonds is 1. The predicted octanol–water partition coefficient (Wildman–Crippen LogP) is 2.99. The molecule has 0 bridgehead atoms. The molecule has 0 aliphatic heterocycles. The van der Waals surface area contributed by atoms with Gasteiger partial charge in [0.2, 0.25) is 0 Å². The molecular formula is C9H11CoF2O. The second-order valence-corrected chi connectivity index (χ2v) is 2.62. The molecule has 4 heteroatoms. The van der Waals surface area contributed by atoms with E-state index < -0.39 is 15.6 Å². The van der Waals surface area contributed by atoms with Gasteiger partial charge in [-0.2, -0.15) is 5.57 Å². The summed E-state index contributed by atoms with van der Waals surface area (Å²) in [5.74, 6) is 0. The summed E-state index contributed by atoms with van der Waals surface area (Å²) in [5, 5.41) is 0. The Morgan fingerprint density at radius 2 is 1.85 bits per heavy atom. The minimum atomic E-state index is -1.56. The molecule has 0 radical (unpaired) electrons. The van der Waals surface area contributed by atoms with Gasteiger partial charge in [-0.15, -0.1) is 0 Å². The van der Waals surface area contributed by atoms with E-state index in [4.69, 9.17) is 0 Å². The van der Waals surface area contributed by atoms with Crippen LogP contribution in [0, 0.1) is 0 Å². The summed E-state index contributed by atoms with van der Waals surface area (Å²) >= 11 is -1.56. The molecule has 0 fully saturated rings. The van der Waals surface area contributed by atoms with E-state index in [9.17, 15) is 12.0 Å². The third-order valence-electron chi connectivity index (χ3n) is 1.60. The second-order valence-electron chi connectivity index (χ2n) is 2.47. The van der Waals surface area contributed by atoms with Gasteiger partial charge in [0.25, 0.3) is 0 Å². The Hall–Kier alpha value is -0.484. The van der Waals surface area contributed by atoms with E-state index in [1.165, 1.54) is 0 Å². The molecule has 0 atom stereocenters. The second kappa shape index (κ2) is 9.60. The summed E-state index contributed by atoms with van der Waals surface area (Å²) in [7, 11) is 0. The first-order valence-corrected chi connectivity index (χ1v) is 4.69. The molecule has 76 valence electrons. The van der Waals surface area contributed by atoms with Crippen LogP contribution in [0.4, 0.5) is 7.16 Å². The molecule has 13 heavy (non-hydrogen) atoms. The summed E-state index contributed by atoms with van der Waals surface area (Å²) in [4.78, 5) is 10.2. The Bertz CT molecular complexity index is 190. The molecule has 0 spiro atoms. The van der Waals surface area contributed by atoms with E-state index in [0.717, 1.165) is 31.3 Å². The van der Waals surface area contributed by atoms with Crippen molar-refractivity contribution in [3.63, 3.8) is 0 Å². The van der Waals surface area contributed by atoms with Gasteiger partial charge < -0.3 is 4.79 Å². The van der Waals surface area contributed by atoms with Crippen LogP contribution >= 0.6 is 0 Å². The van der Waals surface area contributed by atoms with Crippen molar-refractivity contribution in [2.75, 3.05) is 0 Å². The summed E-state index contributed by atoms with van der Waals surface area (Å²) in [6.45, 7) is 0. The third-order valence-corrected chi connectivity index (χ3v) is 1.60. The van der Waals surface area contributed by atoms with Gasteiger partial charge in [0.15, 0.2) is 0 Å². The van der Waals surface area contributed by atoms with Crippen LogP contribution in [0.2, 0.25) is 0 Å². The third kappa shape index (κ3) is 7.86. The van der Waals surface area contributed by atoms with Crippen LogP contribution in [0.3, 0.4) is 0 Å². The topological polar surface area (TPSA) is 17.1 Å². The van der Waals surface area contributed by atoms with E-state index in [1.807, 2.05) is 12.4 Å². The average Bonchev–Trinajstić information content (AvgIpc) is 2.05. The van der Waals surface area contributed by atoms with Gasteiger partial charge in [-0.05, 0) is 19.1 Å². The summed E-state index contributed by atoms with van der Waals surface area (Å²) in [6, 6.07) is 0. The van der Waals surface area contributed by atoms with E-state index in [1.54, 1.807) is 0 Å². The zero-order valence-electron chi connectivity index (χ0n) is 7.06. The Kier molecular flexibility index (Phi) is 9.25. The maximum atomic E-state index is 10.2. The Balaban J connectivity index is 0.000000424. The van der Waals surface area contributed by atoms with Gasteiger partial charge in [0, 0.05) is 0 Å². The molecule has 0 saturated carbocycles. The quantitative estimate of drug-likeness (QED) is 0.501. The molecule has 0 aromatic carbocycles. The number of hydrogen-bond acceptors (Lipinski definition) is 1. The SMILES string of the molecule is O=[C-]C1=CCCC=CCC1.[F][Co+][F]. The fourth-order valence-electron chi connectivity index (χ4n) is 1.02. The van der Waals surface area contributed by atoms with Crippen molar-refractivity contribution >= 4 is 6.29 Å². The van der Waals surface area contributed by atoms with E-state index in [-0.39, 0.29) is 0 Å². The van der Waals surface area contributed by atoms with Crippen molar-refractivity contribution < 1.29 is 27.5 Å². The standard InChI is InChI=1S/C9H11O.Co.2FH/c10-8-9-6-4-2-1-3-5-7-9;;;/h1-2,7H,3-6H2;;2*1H/q-1;+3;;/p-2. The first-order chi connectivity index (χ1) is 6.35. The number of allylic oxidation sites excluding steroid dienone is 4. The van der Waals surface area contributed by atoms with Crippen LogP contribution < -0.4 is 0 Å². The van der Waals surface area contributed by atoms with Gasteiger partial charge in [-0.25, -0.2) is 6.08 Å². The van der Waals surface area contributed by atoms with Crippen LogP contribution in [-0.2, 0) is 20.4 Å². The van der Waals surface area contributed by atoms with E-state index in [0.29, 0.717) is 0 Å². The van der Waals surface area contributed by atoms with Crippen molar-refractivity contribution in [1.82, 2.24) is 0 Å². The first-order valence-electron chi connectivity index (χ1n) is 3.91. The summed E-state index contributed by atoms with van der Waals surface area (Å²) in [6.07, 6.45) is 12.1. The zero-order chi connectivity index (χ0) is 9.94. The molecule has 0 heterocycles. The van der Waals surface area contributed by atoms with Crippen LogP contribution in [0.25, 0.3) is 0 Å². The number of carbonyl (C=O) groups excluding carboxylic acids is 1. The molecule has 0 N–H and O–H groups in total. The summed E-state index contributed by atoms with van der Waals surface area (Å²) in [5.41, 5.74) is 0.837. The Labute approximate surface area is 83.8 Å². The molecule has 0 unspecified atom stereocenters. The molecule has 0 saturated heterocycles. The van der Waals surface area contributed by atoms with Crippen molar-refractivity contribution in [2.45, 2.75) is 25.7 Å². The molecule has 1 rings (SSSR count).